The summed E-state index contributed by atoms with van der Waals surface area (Å²) in [7, 11) is 0. The topological polar surface area (TPSA) is 35.5 Å². The van der Waals surface area contributed by atoms with E-state index in [1.54, 1.807) is 0 Å². The van der Waals surface area contributed by atoms with Crippen molar-refractivity contribution >= 4 is 0 Å². The second kappa shape index (κ2) is 6.38. The van der Waals surface area contributed by atoms with Crippen LogP contribution in [0.3, 0.4) is 0 Å². The summed E-state index contributed by atoms with van der Waals surface area (Å²) in [6.07, 6.45) is 3.44. The quantitative estimate of drug-likeness (QED) is 0.690. The Morgan fingerprint density at radius 3 is 2.57 bits per heavy atom. The number of hydrogen-bond donors (Lipinski definition) is 2. The Morgan fingerprint density at radius 2 is 2.07 bits per heavy atom. The van der Waals surface area contributed by atoms with Crippen molar-refractivity contribution in [3.8, 4) is 0 Å². The van der Waals surface area contributed by atoms with E-state index in [0.717, 1.165) is 26.2 Å². The van der Waals surface area contributed by atoms with E-state index in [0.29, 0.717) is 6.04 Å². The van der Waals surface area contributed by atoms with Gasteiger partial charge in [0.2, 0.25) is 0 Å². The third-order valence-corrected chi connectivity index (χ3v) is 2.83. The van der Waals surface area contributed by atoms with Crippen LogP contribution in [0.25, 0.3) is 0 Å². The maximum atomic E-state index is 9.42. The van der Waals surface area contributed by atoms with Gasteiger partial charge >= 0.3 is 0 Å². The second-order valence-electron chi connectivity index (χ2n) is 4.33. The summed E-state index contributed by atoms with van der Waals surface area (Å²) in [5.41, 5.74) is 0. The minimum absolute atomic E-state index is 0.198. The van der Waals surface area contributed by atoms with Crippen LogP contribution in [0.4, 0.5) is 0 Å². The van der Waals surface area contributed by atoms with Gasteiger partial charge in [-0.05, 0) is 45.8 Å². The summed E-state index contributed by atoms with van der Waals surface area (Å²) in [5.74, 6) is 0. The Kier molecular flexibility index (Phi) is 5.45. The molecule has 84 valence electrons. The molecule has 0 saturated carbocycles. The van der Waals surface area contributed by atoms with Crippen LogP contribution in [0, 0.1) is 0 Å². The lowest BCUT2D eigenvalue weighted by Crippen LogP contribution is -2.45. The maximum Gasteiger partial charge on any atom is 0.0639 e. The van der Waals surface area contributed by atoms with Gasteiger partial charge in [-0.2, -0.15) is 0 Å². The highest BCUT2D eigenvalue weighted by molar-refractivity contribution is 4.78. The van der Waals surface area contributed by atoms with Crippen LogP contribution in [0.1, 0.15) is 33.1 Å². The van der Waals surface area contributed by atoms with E-state index < -0.39 is 0 Å². The minimum atomic E-state index is -0.198. The van der Waals surface area contributed by atoms with E-state index in [-0.39, 0.29) is 6.10 Å². The minimum Gasteiger partial charge on any atom is -0.392 e. The highest BCUT2D eigenvalue weighted by atomic mass is 16.3. The first-order chi connectivity index (χ1) is 6.74. The van der Waals surface area contributed by atoms with E-state index in [1.165, 1.54) is 19.3 Å². The number of hydrogen-bond acceptors (Lipinski definition) is 3. The molecule has 1 fully saturated rings. The average molecular weight is 200 g/mol. The lowest BCUT2D eigenvalue weighted by atomic mass is 10.0. The van der Waals surface area contributed by atoms with Gasteiger partial charge in [-0.15, -0.1) is 0 Å². The molecule has 1 heterocycles. The van der Waals surface area contributed by atoms with Gasteiger partial charge in [0, 0.05) is 12.6 Å². The predicted octanol–water partition coefficient (Wildman–Crippen LogP) is 0.831. The SMILES string of the molecule is CCCN(C[C@H](C)O)C1CCNCC1. The standard InChI is InChI=1S/C11H24N2O/c1-3-8-13(9-10(2)14)11-4-6-12-7-5-11/h10-12,14H,3-9H2,1-2H3/t10-/m0/s1. The lowest BCUT2D eigenvalue weighted by Gasteiger charge is -2.35. The van der Waals surface area contributed by atoms with Crippen molar-refractivity contribution in [3.63, 3.8) is 0 Å². The largest absolute Gasteiger partial charge is 0.392 e. The van der Waals surface area contributed by atoms with Gasteiger partial charge in [-0.1, -0.05) is 6.92 Å². The van der Waals surface area contributed by atoms with Crippen molar-refractivity contribution in [1.82, 2.24) is 10.2 Å². The van der Waals surface area contributed by atoms with Crippen LogP contribution in [-0.2, 0) is 0 Å². The molecule has 1 aliphatic rings. The lowest BCUT2D eigenvalue weighted by molar-refractivity contribution is 0.0852. The zero-order valence-corrected chi connectivity index (χ0v) is 9.50. The second-order valence-corrected chi connectivity index (χ2v) is 4.33. The number of aliphatic hydroxyl groups is 1. The molecule has 3 heteroatoms. The number of rotatable bonds is 5. The van der Waals surface area contributed by atoms with E-state index in [4.69, 9.17) is 0 Å². The summed E-state index contributed by atoms with van der Waals surface area (Å²) >= 11 is 0. The Bertz CT molecular complexity index is 144. The highest BCUT2D eigenvalue weighted by Gasteiger charge is 2.20. The van der Waals surface area contributed by atoms with Crippen molar-refractivity contribution in [1.29, 1.82) is 0 Å². The zero-order valence-electron chi connectivity index (χ0n) is 9.50. The molecule has 0 spiro atoms. The summed E-state index contributed by atoms with van der Waals surface area (Å²) in [6, 6.07) is 0.686. The fourth-order valence-corrected chi connectivity index (χ4v) is 2.22. The molecule has 1 aliphatic heterocycles. The van der Waals surface area contributed by atoms with Crippen LogP contribution in [-0.4, -0.2) is 48.3 Å². The molecule has 0 amide bonds. The summed E-state index contributed by atoms with van der Waals surface area (Å²) in [6.45, 7) is 8.29. The Morgan fingerprint density at radius 1 is 1.43 bits per heavy atom. The zero-order chi connectivity index (χ0) is 10.4. The van der Waals surface area contributed by atoms with Crippen LogP contribution in [0.2, 0.25) is 0 Å². The van der Waals surface area contributed by atoms with Crippen molar-refractivity contribution in [2.75, 3.05) is 26.2 Å². The molecular formula is C11H24N2O. The van der Waals surface area contributed by atoms with Gasteiger partial charge in [-0.25, -0.2) is 0 Å². The van der Waals surface area contributed by atoms with E-state index >= 15 is 0 Å². The van der Waals surface area contributed by atoms with Crippen molar-refractivity contribution in [3.05, 3.63) is 0 Å². The van der Waals surface area contributed by atoms with Crippen LogP contribution < -0.4 is 5.32 Å². The molecule has 3 nitrogen and oxygen atoms in total. The van der Waals surface area contributed by atoms with Gasteiger partial charge in [0.1, 0.15) is 0 Å². The monoisotopic (exact) mass is 200 g/mol. The molecular weight excluding hydrogens is 176 g/mol. The molecule has 0 unspecified atom stereocenters. The fraction of sp³-hybridized carbons (Fsp3) is 1.00. The Hall–Kier alpha value is -0.120. The molecule has 14 heavy (non-hydrogen) atoms. The summed E-state index contributed by atoms with van der Waals surface area (Å²) < 4.78 is 0. The van der Waals surface area contributed by atoms with Crippen LogP contribution >= 0.6 is 0 Å². The predicted molar refractivity (Wildman–Crippen MR) is 59.4 cm³/mol. The first kappa shape index (κ1) is 12.0. The van der Waals surface area contributed by atoms with E-state index in [1.807, 2.05) is 6.92 Å². The van der Waals surface area contributed by atoms with E-state index in [9.17, 15) is 5.11 Å². The summed E-state index contributed by atoms with van der Waals surface area (Å²) in [4.78, 5) is 2.45. The van der Waals surface area contributed by atoms with Crippen LogP contribution in [0.15, 0.2) is 0 Å². The number of nitrogens with zero attached hydrogens (tertiary/aromatic N) is 1. The molecule has 1 atom stereocenters. The van der Waals surface area contributed by atoms with Crippen molar-refractivity contribution < 1.29 is 5.11 Å². The molecule has 0 aromatic rings. The highest BCUT2D eigenvalue weighted by Crippen LogP contribution is 2.12. The molecule has 0 aromatic carbocycles. The number of nitrogens with one attached hydrogen (secondary N) is 1. The summed E-state index contributed by atoms with van der Waals surface area (Å²) in [5, 5.41) is 12.8. The third-order valence-electron chi connectivity index (χ3n) is 2.83. The Labute approximate surface area is 87.5 Å². The first-order valence-electron chi connectivity index (χ1n) is 5.87. The van der Waals surface area contributed by atoms with Crippen molar-refractivity contribution in [2.45, 2.75) is 45.3 Å². The number of piperidine rings is 1. The number of aliphatic hydroxyl groups excluding tert-OH is 1. The van der Waals surface area contributed by atoms with Gasteiger partial charge in [0.05, 0.1) is 6.10 Å². The molecule has 2 N–H and O–H groups in total. The first-order valence-corrected chi connectivity index (χ1v) is 5.87. The normalized spacial score (nSPS) is 21.4. The molecule has 0 bridgehead atoms. The maximum absolute atomic E-state index is 9.42. The van der Waals surface area contributed by atoms with Gasteiger partial charge in [0.25, 0.3) is 0 Å². The van der Waals surface area contributed by atoms with Gasteiger partial charge in [0.15, 0.2) is 0 Å². The fourth-order valence-electron chi connectivity index (χ4n) is 2.22. The van der Waals surface area contributed by atoms with Crippen molar-refractivity contribution in [2.24, 2.45) is 0 Å². The molecule has 1 saturated heterocycles. The van der Waals surface area contributed by atoms with Crippen LogP contribution in [0.5, 0.6) is 0 Å². The molecule has 1 rings (SSSR count). The third kappa shape index (κ3) is 3.95. The average Bonchev–Trinajstić information content (AvgIpc) is 2.18. The Balaban J connectivity index is 2.38. The molecule has 0 aliphatic carbocycles. The van der Waals surface area contributed by atoms with Gasteiger partial charge < -0.3 is 10.4 Å². The van der Waals surface area contributed by atoms with E-state index in [2.05, 4.69) is 17.1 Å². The molecule has 0 aromatic heterocycles. The molecule has 0 radical (unpaired) electrons. The van der Waals surface area contributed by atoms with Gasteiger partial charge in [-0.3, -0.25) is 4.90 Å². The smallest absolute Gasteiger partial charge is 0.0639 e.